The molecule has 0 bridgehead atoms. The van der Waals surface area contributed by atoms with Crippen molar-refractivity contribution in [3.05, 3.63) is 66.0 Å². The minimum Gasteiger partial charge on any atom is -0.340 e. The third-order valence-electron chi connectivity index (χ3n) is 3.08. The van der Waals surface area contributed by atoms with Gasteiger partial charge in [0.05, 0.1) is 5.25 Å². The minimum atomic E-state index is -0.320. The van der Waals surface area contributed by atoms with Crippen LogP contribution in [-0.4, -0.2) is 28.1 Å². The Morgan fingerprint density at radius 1 is 1.20 bits per heavy atom. The van der Waals surface area contributed by atoms with Crippen LogP contribution in [-0.2, 0) is 17.8 Å². The molecule has 0 N–H and O–H groups in total. The van der Waals surface area contributed by atoms with Gasteiger partial charge in [-0.05, 0) is 23.6 Å². The average molecular weight is 286 g/mol. The molecule has 0 aliphatic carbocycles. The van der Waals surface area contributed by atoms with Crippen LogP contribution in [0.2, 0.25) is 0 Å². The van der Waals surface area contributed by atoms with Crippen LogP contribution >= 0.6 is 12.6 Å². The van der Waals surface area contributed by atoms with Crippen LogP contribution in [0.25, 0.3) is 0 Å². The summed E-state index contributed by atoms with van der Waals surface area (Å²) in [7, 11) is 1.80. The summed E-state index contributed by atoms with van der Waals surface area (Å²) in [5.41, 5.74) is 2.14. The van der Waals surface area contributed by atoms with E-state index in [2.05, 4.69) is 17.6 Å². The number of amides is 1. The molecule has 2 aromatic rings. The van der Waals surface area contributed by atoms with Crippen molar-refractivity contribution in [1.82, 2.24) is 9.88 Å². The van der Waals surface area contributed by atoms with Crippen LogP contribution in [0.1, 0.15) is 11.1 Å². The SMILES string of the molecule is CN(Cc1cccnc1)C(=O)C(S)Cc1ccccc1. The first-order chi connectivity index (χ1) is 9.66. The van der Waals surface area contributed by atoms with Gasteiger partial charge in [0.15, 0.2) is 0 Å². The number of carbonyl (C=O) groups is 1. The second-order valence-corrected chi connectivity index (χ2v) is 5.38. The number of carbonyl (C=O) groups excluding carboxylic acids is 1. The summed E-state index contributed by atoms with van der Waals surface area (Å²) >= 11 is 4.44. The highest BCUT2D eigenvalue weighted by atomic mass is 32.1. The van der Waals surface area contributed by atoms with Gasteiger partial charge in [-0.25, -0.2) is 0 Å². The van der Waals surface area contributed by atoms with Gasteiger partial charge in [0.1, 0.15) is 0 Å². The Labute approximate surface area is 125 Å². The topological polar surface area (TPSA) is 33.2 Å². The molecular formula is C16H18N2OS. The highest BCUT2D eigenvalue weighted by molar-refractivity contribution is 7.81. The van der Waals surface area contributed by atoms with Crippen LogP contribution in [0.4, 0.5) is 0 Å². The molecule has 1 unspecified atom stereocenters. The lowest BCUT2D eigenvalue weighted by molar-refractivity contribution is -0.129. The van der Waals surface area contributed by atoms with E-state index in [9.17, 15) is 4.79 Å². The average Bonchev–Trinajstić information content (AvgIpc) is 2.48. The summed E-state index contributed by atoms with van der Waals surface area (Å²) in [4.78, 5) is 18.0. The first-order valence-electron chi connectivity index (χ1n) is 6.52. The molecule has 1 heterocycles. The molecule has 0 fully saturated rings. The fourth-order valence-electron chi connectivity index (χ4n) is 2.02. The predicted octanol–water partition coefficient (Wildman–Crippen LogP) is 2.58. The smallest absolute Gasteiger partial charge is 0.235 e. The predicted molar refractivity (Wildman–Crippen MR) is 83.6 cm³/mol. The summed E-state index contributed by atoms with van der Waals surface area (Å²) in [6.07, 6.45) is 4.14. The zero-order valence-electron chi connectivity index (χ0n) is 11.4. The largest absolute Gasteiger partial charge is 0.340 e. The molecular weight excluding hydrogens is 268 g/mol. The van der Waals surface area contributed by atoms with Gasteiger partial charge in [-0.3, -0.25) is 9.78 Å². The molecule has 0 aliphatic heterocycles. The molecule has 1 aromatic heterocycles. The van der Waals surface area contributed by atoms with Crippen molar-refractivity contribution < 1.29 is 4.79 Å². The maximum Gasteiger partial charge on any atom is 0.235 e. The van der Waals surface area contributed by atoms with E-state index in [-0.39, 0.29) is 11.2 Å². The fourth-order valence-corrected chi connectivity index (χ4v) is 2.43. The third kappa shape index (κ3) is 4.10. The van der Waals surface area contributed by atoms with Gasteiger partial charge in [0, 0.05) is 26.0 Å². The molecule has 4 heteroatoms. The monoisotopic (exact) mass is 286 g/mol. The second-order valence-electron chi connectivity index (χ2n) is 4.76. The van der Waals surface area contributed by atoms with E-state index >= 15 is 0 Å². The van der Waals surface area contributed by atoms with Gasteiger partial charge in [0.25, 0.3) is 0 Å². The van der Waals surface area contributed by atoms with Crippen molar-refractivity contribution in [3.63, 3.8) is 0 Å². The molecule has 0 spiro atoms. The lowest BCUT2D eigenvalue weighted by Crippen LogP contribution is -2.34. The maximum absolute atomic E-state index is 12.3. The van der Waals surface area contributed by atoms with Crippen molar-refractivity contribution in [2.24, 2.45) is 0 Å². The van der Waals surface area contributed by atoms with Crippen molar-refractivity contribution in [2.75, 3.05) is 7.05 Å². The summed E-state index contributed by atoms with van der Waals surface area (Å²) < 4.78 is 0. The van der Waals surface area contributed by atoms with E-state index in [1.165, 1.54) is 0 Å². The fraction of sp³-hybridized carbons (Fsp3) is 0.250. The van der Waals surface area contributed by atoms with E-state index in [1.807, 2.05) is 42.5 Å². The molecule has 0 aliphatic rings. The standard InChI is InChI=1S/C16H18N2OS/c1-18(12-14-8-5-9-17-11-14)16(19)15(20)10-13-6-3-2-4-7-13/h2-9,11,15,20H,10,12H2,1H3. The number of hydrogen-bond donors (Lipinski definition) is 1. The Bertz CT molecular complexity index is 495. The van der Waals surface area contributed by atoms with E-state index in [4.69, 9.17) is 0 Å². The van der Waals surface area contributed by atoms with E-state index in [0.717, 1.165) is 11.1 Å². The number of pyridine rings is 1. The molecule has 1 atom stereocenters. The second kappa shape index (κ2) is 7.10. The Hall–Kier alpha value is -1.81. The van der Waals surface area contributed by atoms with Gasteiger partial charge in [0.2, 0.25) is 5.91 Å². The zero-order valence-corrected chi connectivity index (χ0v) is 12.3. The lowest BCUT2D eigenvalue weighted by Gasteiger charge is -2.21. The van der Waals surface area contributed by atoms with Crippen LogP contribution < -0.4 is 0 Å². The van der Waals surface area contributed by atoms with Crippen molar-refractivity contribution in [2.45, 2.75) is 18.2 Å². The van der Waals surface area contributed by atoms with E-state index < -0.39 is 0 Å². The number of thiol groups is 1. The van der Waals surface area contributed by atoms with Gasteiger partial charge in [-0.2, -0.15) is 12.6 Å². The summed E-state index contributed by atoms with van der Waals surface area (Å²) in [6, 6.07) is 13.8. The molecule has 0 saturated carbocycles. The van der Waals surface area contributed by atoms with Crippen LogP contribution in [0.3, 0.4) is 0 Å². The third-order valence-corrected chi connectivity index (χ3v) is 3.48. The van der Waals surface area contributed by atoms with Gasteiger partial charge >= 0.3 is 0 Å². The molecule has 0 saturated heterocycles. The Kier molecular flexibility index (Phi) is 5.18. The molecule has 20 heavy (non-hydrogen) atoms. The number of hydrogen-bond acceptors (Lipinski definition) is 3. The van der Waals surface area contributed by atoms with E-state index in [1.54, 1.807) is 24.3 Å². The molecule has 1 amide bonds. The summed E-state index contributed by atoms with van der Waals surface area (Å²) in [5.74, 6) is 0.0287. The number of nitrogens with zero attached hydrogens (tertiary/aromatic N) is 2. The van der Waals surface area contributed by atoms with Crippen molar-refractivity contribution in [1.29, 1.82) is 0 Å². The maximum atomic E-state index is 12.3. The molecule has 0 radical (unpaired) electrons. The summed E-state index contributed by atoms with van der Waals surface area (Å²) in [5, 5.41) is -0.320. The van der Waals surface area contributed by atoms with Gasteiger partial charge < -0.3 is 4.90 Å². The van der Waals surface area contributed by atoms with Crippen LogP contribution in [0.15, 0.2) is 54.9 Å². The molecule has 1 aromatic carbocycles. The minimum absolute atomic E-state index is 0.0287. The number of aromatic nitrogens is 1. The summed E-state index contributed by atoms with van der Waals surface area (Å²) in [6.45, 7) is 0.554. The zero-order chi connectivity index (χ0) is 14.4. The first kappa shape index (κ1) is 14.6. The van der Waals surface area contributed by atoms with Crippen molar-refractivity contribution in [3.8, 4) is 0 Å². The number of benzene rings is 1. The Morgan fingerprint density at radius 2 is 1.90 bits per heavy atom. The van der Waals surface area contributed by atoms with E-state index in [0.29, 0.717) is 13.0 Å². The van der Waals surface area contributed by atoms with Crippen molar-refractivity contribution >= 4 is 18.5 Å². The Morgan fingerprint density at radius 3 is 2.55 bits per heavy atom. The quantitative estimate of drug-likeness (QED) is 0.857. The van der Waals surface area contributed by atoms with Crippen LogP contribution in [0, 0.1) is 0 Å². The lowest BCUT2D eigenvalue weighted by atomic mass is 10.1. The van der Waals surface area contributed by atoms with Gasteiger partial charge in [-0.1, -0.05) is 36.4 Å². The first-order valence-corrected chi connectivity index (χ1v) is 7.04. The highest BCUT2D eigenvalue weighted by Gasteiger charge is 2.18. The van der Waals surface area contributed by atoms with Crippen LogP contribution in [0.5, 0.6) is 0 Å². The molecule has 3 nitrogen and oxygen atoms in total. The Balaban J connectivity index is 1.93. The highest BCUT2D eigenvalue weighted by Crippen LogP contribution is 2.11. The van der Waals surface area contributed by atoms with Gasteiger partial charge in [-0.15, -0.1) is 0 Å². The molecule has 2 rings (SSSR count). The molecule has 104 valence electrons. The number of rotatable bonds is 5. The normalized spacial score (nSPS) is 11.9.